The van der Waals surface area contributed by atoms with Crippen LogP contribution in [0.1, 0.15) is 23.2 Å². The van der Waals surface area contributed by atoms with Crippen molar-refractivity contribution in [3.05, 3.63) is 29.8 Å². The highest BCUT2D eigenvalue weighted by molar-refractivity contribution is 7.99. The SMILES string of the molecule is O=C(O)COc1cccc(C(=O)NCC2CCSCC2)c1. The number of benzene rings is 1. The van der Waals surface area contributed by atoms with Crippen LogP contribution in [0.3, 0.4) is 0 Å². The highest BCUT2D eigenvalue weighted by Gasteiger charge is 2.15. The predicted molar refractivity (Wildman–Crippen MR) is 82.0 cm³/mol. The van der Waals surface area contributed by atoms with Crippen LogP contribution in [0.5, 0.6) is 5.75 Å². The molecule has 6 heteroatoms. The van der Waals surface area contributed by atoms with Gasteiger partial charge in [0.15, 0.2) is 6.61 Å². The lowest BCUT2D eigenvalue weighted by molar-refractivity contribution is -0.139. The zero-order chi connectivity index (χ0) is 15.1. The molecule has 1 saturated heterocycles. The summed E-state index contributed by atoms with van der Waals surface area (Å²) < 4.78 is 5.07. The van der Waals surface area contributed by atoms with Crippen LogP contribution in [0.15, 0.2) is 24.3 Å². The van der Waals surface area contributed by atoms with Gasteiger partial charge in [0.1, 0.15) is 5.75 Å². The van der Waals surface area contributed by atoms with Crippen molar-refractivity contribution in [1.82, 2.24) is 5.32 Å². The molecule has 0 bridgehead atoms. The third-order valence-electron chi connectivity index (χ3n) is 3.35. The Hall–Kier alpha value is -1.69. The molecule has 1 amide bonds. The number of amides is 1. The highest BCUT2D eigenvalue weighted by atomic mass is 32.2. The molecule has 1 aromatic carbocycles. The number of rotatable bonds is 6. The summed E-state index contributed by atoms with van der Waals surface area (Å²) in [5.41, 5.74) is 0.489. The van der Waals surface area contributed by atoms with Crippen LogP contribution in [0.4, 0.5) is 0 Å². The lowest BCUT2D eigenvalue weighted by Gasteiger charge is -2.21. The van der Waals surface area contributed by atoms with E-state index in [1.54, 1.807) is 24.3 Å². The second-order valence-corrected chi connectivity index (χ2v) is 6.20. The predicted octanol–water partition coefficient (Wildman–Crippen LogP) is 2.02. The van der Waals surface area contributed by atoms with E-state index in [1.165, 1.54) is 11.5 Å². The zero-order valence-corrected chi connectivity index (χ0v) is 12.5. The summed E-state index contributed by atoms with van der Waals surface area (Å²) in [5, 5.41) is 11.5. The van der Waals surface area contributed by atoms with Gasteiger partial charge in [-0.25, -0.2) is 4.79 Å². The van der Waals surface area contributed by atoms with Crippen molar-refractivity contribution in [3.63, 3.8) is 0 Å². The Morgan fingerprint density at radius 1 is 1.33 bits per heavy atom. The minimum absolute atomic E-state index is 0.144. The number of hydrogen-bond donors (Lipinski definition) is 2. The number of carbonyl (C=O) groups excluding carboxylic acids is 1. The van der Waals surface area contributed by atoms with Gasteiger partial charge in [0, 0.05) is 12.1 Å². The van der Waals surface area contributed by atoms with Crippen LogP contribution in [0, 0.1) is 5.92 Å². The molecular formula is C15H19NO4S. The molecule has 0 radical (unpaired) electrons. The molecule has 1 aromatic rings. The second-order valence-electron chi connectivity index (χ2n) is 4.98. The smallest absolute Gasteiger partial charge is 0.341 e. The first-order valence-corrected chi connectivity index (χ1v) is 8.11. The average Bonchev–Trinajstić information content (AvgIpc) is 2.52. The third kappa shape index (κ3) is 5.30. The van der Waals surface area contributed by atoms with E-state index in [4.69, 9.17) is 9.84 Å². The van der Waals surface area contributed by atoms with Crippen molar-refractivity contribution in [2.24, 2.45) is 5.92 Å². The number of carboxylic acid groups (broad SMARTS) is 1. The minimum Gasteiger partial charge on any atom is -0.482 e. The Morgan fingerprint density at radius 2 is 2.10 bits per heavy atom. The van der Waals surface area contributed by atoms with Crippen molar-refractivity contribution in [3.8, 4) is 5.75 Å². The fourth-order valence-corrected chi connectivity index (χ4v) is 3.37. The summed E-state index contributed by atoms with van der Waals surface area (Å²) in [5.74, 6) is 2.09. The Balaban J connectivity index is 1.86. The lowest BCUT2D eigenvalue weighted by Crippen LogP contribution is -2.30. The fraction of sp³-hybridized carbons (Fsp3) is 0.467. The van der Waals surface area contributed by atoms with E-state index in [0.29, 0.717) is 23.8 Å². The Labute approximate surface area is 128 Å². The highest BCUT2D eigenvalue weighted by Crippen LogP contribution is 2.22. The summed E-state index contributed by atoms with van der Waals surface area (Å²) in [6, 6.07) is 6.58. The maximum absolute atomic E-state index is 12.1. The Morgan fingerprint density at radius 3 is 2.81 bits per heavy atom. The molecule has 114 valence electrons. The van der Waals surface area contributed by atoms with Gasteiger partial charge in [0.25, 0.3) is 5.91 Å². The Bertz CT molecular complexity index is 500. The van der Waals surface area contributed by atoms with Gasteiger partial charge in [0.05, 0.1) is 0 Å². The molecule has 0 atom stereocenters. The molecule has 0 aromatic heterocycles. The fourth-order valence-electron chi connectivity index (χ4n) is 2.16. The van der Waals surface area contributed by atoms with Crippen LogP contribution in [0.2, 0.25) is 0 Å². The maximum Gasteiger partial charge on any atom is 0.341 e. The van der Waals surface area contributed by atoms with Gasteiger partial charge in [-0.15, -0.1) is 0 Å². The van der Waals surface area contributed by atoms with Gasteiger partial charge in [-0.2, -0.15) is 11.8 Å². The van der Waals surface area contributed by atoms with Crippen molar-refractivity contribution in [2.75, 3.05) is 24.7 Å². The van der Waals surface area contributed by atoms with E-state index in [0.717, 1.165) is 12.8 Å². The minimum atomic E-state index is -1.04. The van der Waals surface area contributed by atoms with E-state index in [2.05, 4.69) is 5.32 Å². The average molecular weight is 309 g/mol. The number of ether oxygens (including phenoxy) is 1. The summed E-state index contributed by atoms with van der Waals surface area (Å²) in [6.07, 6.45) is 2.29. The number of nitrogens with one attached hydrogen (secondary N) is 1. The van der Waals surface area contributed by atoms with Crippen molar-refractivity contribution in [1.29, 1.82) is 0 Å². The molecular weight excluding hydrogens is 290 g/mol. The van der Waals surface area contributed by atoms with Crippen molar-refractivity contribution in [2.45, 2.75) is 12.8 Å². The van der Waals surface area contributed by atoms with Crippen molar-refractivity contribution >= 4 is 23.6 Å². The largest absolute Gasteiger partial charge is 0.482 e. The number of aliphatic carboxylic acids is 1. The van der Waals surface area contributed by atoms with E-state index in [-0.39, 0.29) is 5.91 Å². The van der Waals surface area contributed by atoms with Gasteiger partial charge in [-0.1, -0.05) is 6.07 Å². The second kappa shape index (κ2) is 7.93. The van der Waals surface area contributed by atoms with E-state index < -0.39 is 12.6 Å². The summed E-state index contributed by atoms with van der Waals surface area (Å²) in [7, 11) is 0. The number of carboxylic acids is 1. The Kier molecular flexibility index (Phi) is 5.92. The molecule has 1 heterocycles. The van der Waals surface area contributed by atoms with Gasteiger partial charge in [-0.05, 0) is 48.5 Å². The van der Waals surface area contributed by atoms with Crippen LogP contribution >= 0.6 is 11.8 Å². The normalized spacial score (nSPS) is 15.4. The zero-order valence-electron chi connectivity index (χ0n) is 11.7. The molecule has 0 spiro atoms. The van der Waals surface area contributed by atoms with Gasteiger partial charge < -0.3 is 15.2 Å². The summed E-state index contributed by atoms with van der Waals surface area (Å²) in [4.78, 5) is 22.6. The number of thioether (sulfide) groups is 1. The maximum atomic E-state index is 12.1. The quantitative estimate of drug-likeness (QED) is 0.841. The third-order valence-corrected chi connectivity index (χ3v) is 4.40. The van der Waals surface area contributed by atoms with Crippen molar-refractivity contribution < 1.29 is 19.4 Å². The summed E-state index contributed by atoms with van der Waals surface area (Å²) in [6.45, 7) is 0.282. The van der Waals surface area contributed by atoms with Crippen LogP contribution in [0.25, 0.3) is 0 Å². The number of hydrogen-bond acceptors (Lipinski definition) is 4. The van der Waals surface area contributed by atoms with Crippen LogP contribution in [-0.4, -0.2) is 41.6 Å². The van der Waals surface area contributed by atoms with Crippen LogP contribution in [-0.2, 0) is 4.79 Å². The summed E-state index contributed by atoms with van der Waals surface area (Å²) >= 11 is 1.96. The number of carbonyl (C=O) groups is 2. The molecule has 1 fully saturated rings. The lowest BCUT2D eigenvalue weighted by atomic mass is 10.0. The van der Waals surface area contributed by atoms with Gasteiger partial charge in [-0.3, -0.25) is 4.79 Å². The molecule has 5 nitrogen and oxygen atoms in total. The van der Waals surface area contributed by atoms with Gasteiger partial charge in [0.2, 0.25) is 0 Å². The molecule has 21 heavy (non-hydrogen) atoms. The van der Waals surface area contributed by atoms with E-state index in [9.17, 15) is 9.59 Å². The van der Waals surface area contributed by atoms with Gasteiger partial charge >= 0.3 is 5.97 Å². The molecule has 2 rings (SSSR count). The molecule has 2 N–H and O–H groups in total. The molecule has 0 unspecified atom stereocenters. The van der Waals surface area contributed by atoms with E-state index in [1.807, 2.05) is 11.8 Å². The first-order chi connectivity index (χ1) is 10.1. The monoisotopic (exact) mass is 309 g/mol. The van der Waals surface area contributed by atoms with E-state index >= 15 is 0 Å². The first-order valence-electron chi connectivity index (χ1n) is 6.96. The molecule has 0 aliphatic carbocycles. The molecule has 0 saturated carbocycles. The molecule has 1 aliphatic heterocycles. The standard InChI is InChI=1S/C15H19NO4S/c17-14(18)10-20-13-3-1-2-12(8-13)15(19)16-9-11-4-6-21-7-5-11/h1-3,8,11H,4-7,9-10H2,(H,16,19)(H,17,18). The topological polar surface area (TPSA) is 75.6 Å². The first kappa shape index (κ1) is 15.7. The molecule has 1 aliphatic rings. The van der Waals surface area contributed by atoms with Crippen LogP contribution < -0.4 is 10.1 Å².